The van der Waals surface area contributed by atoms with E-state index in [1.165, 1.54) is 4.31 Å². The van der Waals surface area contributed by atoms with Crippen LogP contribution in [0.2, 0.25) is 0 Å². The Morgan fingerprint density at radius 3 is 2.57 bits per heavy atom. The number of nitriles is 1. The van der Waals surface area contributed by atoms with Crippen molar-refractivity contribution >= 4 is 27.9 Å². The number of amides is 2. The molecule has 1 saturated heterocycles. The first kappa shape index (κ1) is 30.8. The van der Waals surface area contributed by atoms with Crippen molar-refractivity contribution in [1.29, 1.82) is 5.26 Å². The molecule has 0 spiro atoms. The highest BCUT2D eigenvalue weighted by atomic mass is 32.2. The van der Waals surface area contributed by atoms with Gasteiger partial charge >= 0.3 is 0 Å². The Balaban J connectivity index is 1.47. The first-order valence-corrected chi connectivity index (χ1v) is 16.4. The molecular formula is C35H32N6O4S. The fourth-order valence-electron chi connectivity index (χ4n) is 5.85. The van der Waals surface area contributed by atoms with Crippen LogP contribution in [0.3, 0.4) is 0 Å². The largest absolute Gasteiger partial charge is 0.271 e. The lowest BCUT2D eigenvalue weighted by Crippen LogP contribution is -2.42. The van der Waals surface area contributed by atoms with Crippen molar-refractivity contribution in [3.8, 4) is 23.0 Å². The number of carbonyl (C=O) groups is 2. The van der Waals surface area contributed by atoms with Gasteiger partial charge in [0.15, 0.2) is 0 Å². The number of imide groups is 1. The van der Waals surface area contributed by atoms with Crippen LogP contribution in [0, 0.1) is 17.2 Å². The number of hydrogen-bond acceptors (Lipinski definition) is 7. The minimum Gasteiger partial charge on any atom is -0.269 e. The van der Waals surface area contributed by atoms with Crippen LogP contribution in [-0.2, 0) is 26.2 Å². The highest BCUT2D eigenvalue weighted by molar-refractivity contribution is 7.89. The van der Waals surface area contributed by atoms with Crippen LogP contribution in [-0.4, -0.2) is 57.3 Å². The smallest absolute Gasteiger partial charge is 0.269 e. The molecule has 2 aliphatic heterocycles. The molecule has 0 N–H and O–H groups in total. The van der Waals surface area contributed by atoms with Crippen molar-refractivity contribution in [3.05, 3.63) is 113 Å². The van der Waals surface area contributed by atoms with Crippen LogP contribution in [0.1, 0.15) is 37.8 Å². The van der Waals surface area contributed by atoms with Crippen LogP contribution < -0.4 is 0 Å². The van der Waals surface area contributed by atoms with Crippen LogP contribution in [0.15, 0.2) is 107 Å². The zero-order valence-corrected chi connectivity index (χ0v) is 26.3. The molecule has 6 rings (SSSR count). The molecule has 0 radical (unpaired) electrons. The lowest BCUT2D eigenvalue weighted by atomic mass is 9.93. The standard InChI is InChI=1S/C35H32N6O4S/c1-24-9-8-16-39(21-24)46(44,45)30-14-6-11-27(17-30)33-28(23-41(38-33)29-12-4-3-5-13-29)18-31-25(2)32(19-36)35(43)40(34(31)42)22-26-10-7-15-37-20-26/h3-7,10-15,17-18,20,23-24H,8-9,16,21-22H2,1-2H3/b31-18+. The van der Waals surface area contributed by atoms with Crippen LogP contribution in [0.25, 0.3) is 23.0 Å². The van der Waals surface area contributed by atoms with Crippen LogP contribution in [0.5, 0.6) is 0 Å². The number of hydrogen-bond donors (Lipinski definition) is 0. The molecule has 0 aliphatic carbocycles. The average molecular weight is 633 g/mol. The van der Waals surface area contributed by atoms with E-state index in [9.17, 15) is 23.3 Å². The normalized spacial score (nSPS) is 18.7. The summed E-state index contributed by atoms with van der Waals surface area (Å²) in [6, 6.07) is 21.5. The molecule has 0 bridgehead atoms. The van der Waals surface area contributed by atoms with Gasteiger partial charge in [0.2, 0.25) is 10.0 Å². The fraction of sp³-hybridized carbons (Fsp3) is 0.229. The van der Waals surface area contributed by atoms with E-state index in [1.807, 2.05) is 36.4 Å². The number of aromatic nitrogens is 3. The van der Waals surface area contributed by atoms with Crippen LogP contribution >= 0.6 is 0 Å². The molecular weight excluding hydrogens is 600 g/mol. The van der Waals surface area contributed by atoms with Crippen molar-refractivity contribution in [1.82, 2.24) is 24.0 Å². The molecule has 10 nitrogen and oxygen atoms in total. The Labute approximate surface area is 268 Å². The van der Waals surface area contributed by atoms with Gasteiger partial charge in [-0.1, -0.05) is 43.3 Å². The quantitative estimate of drug-likeness (QED) is 0.204. The highest BCUT2D eigenvalue weighted by Gasteiger charge is 2.36. The number of pyridine rings is 1. The van der Waals surface area contributed by atoms with Crippen molar-refractivity contribution in [2.24, 2.45) is 5.92 Å². The lowest BCUT2D eigenvalue weighted by Gasteiger charge is -2.30. The van der Waals surface area contributed by atoms with Gasteiger partial charge in [0.05, 0.1) is 17.1 Å². The zero-order chi connectivity index (χ0) is 32.4. The Morgan fingerprint density at radius 2 is 1.85 bits per heavy atom. The van der Waals surface area contributed by atoms with Crippen molar-refractivity contribution in [2.45, 2.75) is 38.1 Å². The monoisotopic (exact) mass is 632 g/mol. The van der Waals surface area contributed by atoms with Crippen molar-refractivity contribution < 1.29 is 18.0 Å². The van der Waals surface area contributed by atoms with Gasteiger partial charge in [-0.15, -0.1) is 0 Å². The minimum absolute atomic E-state index is 0.0491. The van der Waals surface area contributed by atoms with Gasteiger partial charge in [0, 0.05) is 48.4 Å². The molecule has 1 unspecified atom stereocenters. The summed E-state index contributed by atoms with van der Waals surface area (Å²) in [4.78, 5) is 32.4. The lowest BCUT2D eigenvalue weighted by molar-refractivity contribution is -0.141. The summed E-state index contributed by atoms with van der Waals surface area (Å²) in [7, 11) is -3.75. The molecule has 4 aromatic rings. The second kappa shape index (κ2) is 12.7. The molecule has 46 heavy (non-hydrogen) atoms. The summed E-state index contributed by atoms with van der Waals surface area (Å²) in [6.45, 7) is 4.53. The number of piperidine rings is 1. The maximum Gasteiger partial charge on any atom is 0.271 e. The van der Waals surface area contributed by atoms with Gasteiger partial charge in [-0.05, 0) is 73.2 Å². The Kier molecular flexibility index (Phi) is 8.49. The second-order valence-electron chi connectivity index (χ2n) is 11.6. The molecule has 1 fully saturated rings. The first-order valence-electron chi connectivity index (χ1n) is 15.0. The average Bonchev–Trinajstić information content (AvgIpc) is 3.50. The van der Waals surface area contributed by atoms with Gasteiger partial charge < -0.3 is 0 Å². The Hall–Kier alpha value is -5.18. The van der Waals surface area contributed by atoms with Gasteiger partial charge in [-0.3, -0.25) is 19.5 Å². The summed E-state index contributed by atoms with van der Waals surface area (Å²) < 4.78 is 30.6. The highest BCUT2D eigenvalue weighted by Crippen LogP contribution is 2.33. The summed E-state index contributed by atoms with van der Waals surface area (Å²) in [5, 5.41) is 14.8. The number of rotatable bonds is 7. The molecule has 232 valence electrons. The fourth-order valence-corrected chi connectivity index (χ4v) is 7.50. The van der Waals surface area contributed by atoms with Crippen molar-refractivity contribution in [3.63, 3.8) is 0 Å². The molecule has 2 aromatic heterocycles. The van der Waals surface area contributed by atoms with E-state index >= 15 is 0 Å². The predicted octanol–water partition coefficient (Wildman–Crippen LogP) is 5.15. The summed E-state index contributed by atoms with van der Waals surface area (Å²) >= 11 is 0. The summed E-state index contributed by atoms with van der Waals surface area (Å²) in [5.41, 5.74) is 3.19. The molecule has 2 aliphatic rings. The van der Waals surface area contributed by atoms with Gasteiger partial charge in [-0.2, -0.15) is 14.7 Å². The number of para-hydroxylation sites is 1. The third kappa shape index (κ3) is 5.92. The molecule has 0 saturated carbocycles. The number of benzene rings is 2. The van der Waals surface area contributed by atoms with Gasteiger partial charge in [0.25, 0.3) is 11.8 Å². The van der Waals surface area contributed by atoms with Gasteiger partial charge in [-0.25, -0.2) is 13.1 Å². The second-order valence-corrected chi connectivity index (χ2v) is 13.5. The minimum atomic E-state index is -3.75. The summed E-state index contributed by atoms with van der Waals surface area (Å²) in [6.07, 6.45) is 8.33. The van der Waals surface area contributed by atoms with E-state index in [1.54, 1.807) is 72.7 Å². The topological polar surface area (TPSA) is 129 Å². The van der Waals surface area contributed by atoms with E-state index in [4.69, 9.17) is 5.10 Å². The molecule has 2 aromatic carbocycles. The molecule has 2 amide bonds. The number of nitrogens with zero attached hydrogens (tertiary/aromatic N) is 6. The SMILES string of the molecule is CC1=C(C#N)C(=O)N(Cc2cccnc2)C(=O)/C1=C/c1cn(-c2ccccc2)nc1-c1cccc(S(=O)(=O)N2CCCC(C)C2)c1. The third-order valence-corrected chi connectivity index (χ3v) is 10.2. The number of carbonyl (C=O) groups excluding carboxylic acids is 2. The van der Waals surface area contributed by atoms with E-state index in [0.29, 0.717) is 35.5 Å². The first-order chi connectivity index (χ1) is 22.2. The zero-order valence-electron chi connectivity index (χ0n) is 25.5. The Bertz CT molecular complexity index is 2030. The van der Waals surface area contributed by atoms with Crippen LogP contribution in [0.4, 0.5) is 0 Å². The maximum atomic E-state index is 13.9. The van der Waals surface area contributed by atoms with Crippen molar-refractivity contribution in [2.75, 3.05) is 13.1 Å². The van der Waals surface area contributed by atoms with E-state index < -0.39 is 21.8 Å². The molecule has 1 atom stereocenters. The third-order valence-electron chi connectivity index (χ3n) is 8.32. The summed E-state index contributed by atoms with van der Waals surface area (Å²) in [5.74, 6) is -0.950. The van der Waals surface area contributed by atoms with E-state index in [0.717, 1.165) is 23.4 Å². The number of sulfonamides is 1. The van der Waals surface area contributed by atoms with E-state index in [2.05, 4.69) is 11.9 Å². The molecule has 4 heterocycles. The maximum absolute atomic E-state index is 13.9. The van der Waals surface area contributed by atoms with E-state index in [-0.39, 0.29) is 34.1 Å². The molecule has 11 heteroatoms. The van der Waals surface area contributed by atoms with Gasteiger partial charge in [0.1, 0.15) is 17.3 Å². The Morgan fingerprint density at radius 1 is 1.04 bits per heavy atom. The predicted molar refractivity (Wildman–Crippen MR) is 172 cm³/mol.